The molecule has 0 spiro atoms. The number of aromatic nitrogens is 2. The number of ether oxygens (including phenoxy) is 2. The lowest BCUT2D eigenvalue weighted by molar-refractivity contribution is 0.0601. The number of rotatable bonds is 7. The summed E-state index contributed by atoms with van der Waals surface area (Å²) in [4.78, 5) is 19.6. The Morgan fingerprint density at radius 2 is 1.69 bits per heavy atom. The number of nitrogens with one attached hydrogen (secondary N) is 1. The van der Waals surface area contributed by atoms with Crippen LogP contribution in [-0.4, -0.2) is 29.7 Å². The standard InChI is InChI=1S/C25H20F2N2O3/c1-31-25(30)21-11-10-20(14-22(21)16-2-6-18(26)7-3-16)32-15-23(24-28-12-13-29-24)17-4-8-19(27)9-5-17/h2-14,23H,15H2,1H3,(H,28,29). The van der Waals surface area contributed by atoms with Gasteiger partial charge < -0.3 is 14.5 Å². The van der Waals surface area contributed by atoms with E-state index >= 15 is 0 Å². The molecule has 0 bridgehead atoms. The first kappa shape index (κ1) is 21.2. The highest BCUT2D eigenvalue weighted by Gasteiger charge is 2.19. The number of aromatic amines is 1. The first-order valence-electron chi connectivity index (χ1n) is 9.91. The molecule has 1 aromatic heterocycles. The van der Waals surface area contributed by atoms with Gasteiger partial charge in [0.1, 0.15) is 29.8 Å². The van der Waals surface area contributed by atoms with E-state index in [4.69, 9.17) is 9.47 Å². The van der Waals surface area contributed by atoms with Crippen molar-refractivity contribution < 1.29 is 23.0 Å². The smallest absolute Gasteiger partial charge is 0.338 e. The fourth-order valence-corrected chi connectivity index (χ4v) is 3.45. The Hall–Kier alpha value is -4.00. The summed E-state index contributed by atoms with van der Waals surface area (Å²) in [6.07, 6.45) is 3.35. The van der Waals surface area contributed by atoms with E-state index in [1.165, 1.54) is 31.4 Å². The minimum atomic E-state index is -0.504. The Labute approximate surface area is 183 Å². The van der Waals surface area contributed by atoms with E-state index in [2.05, 4.69) is 9.97 Å². The van der Waals surface area contributed by atoms with E-state index in [0.717, 1.165) is 5.56 Å². The van der Waals surface area contributed by atoms with Crippen LogP contribution in [0.3, 0.4) is 0 Å². The normalized spacial score (nSPS) is 11.7. The summed E-state index contributed by atoms with van der Waals surface area (Å²) < 4.78 is 37.7. The van der Waals surface area contributed by atoms with Gasteiger partial charge in [-0.05, 0) is 59.2 Å². The van der Waals surface area contributed by atoms with Gasteiger partial charge in [0, 0.05) is 12.4 Å². The summed E-state index contributed by atoms with van der Waals surface area (Å²) in [5, 5.41) is 0. The molecule has 3 aromatic carbocycles. The van der Waals surface area contributed by atoms with E-state index in [1.54, 1.807) is 54.9 Å². The molecule has 7 heteroatoms. The molecule has 0 aliphatic rings. The van der Waals surface area contributed by atoms with E-state index in [1.807, 2.05) is 0 Å². The predicted octanol–water partition coefficient (Wildman–Crippen LogP) is 5.35. The maximum Gasteiger partial charge on any atom is 0.338 e. The van der Waals surface area contributed by atoms with Crippen LogP contribution in [0.25, 0.3) is 11.1 Å². The molecule has 1 heterocycles. The third-order valence-electron chi connectivity index (χ3n) is 5.09. The van der Waals surface area contributed by atoms with Crippen LogP contribution in [0.1, 0.15) is 27.7 Å². The van der Waals surface area contributed by atoms with Crippen molar-refractivity contribution in [3.8, 4) is 16.9 Å². The van der Waals surface area contributed by atoms with Crippen LogP contribution < -0.4 is 4.74 Å². The van der Waals surface area contributed by atoms with Crippen molar-refractivity contribution in [3.05, 3.63) is 108 Å². The molecule has 0 aliphatic carbocycles. The van der Waals surface area contributed by atoms with Gasteiger partial charge in [-0.3, -0.25) is 0 Å². The number of imidazole rings is 1. The van der Waals surface area contributed by atoms with E-state index in [9.17, 15) is 13.6 Å². The maximum atomic E-state index is 13.4. The van der Waals surface area contributed by atoms with Crippen molar-refractivity contribution >= 4 is 5.97 Å². The molecule has 0 saturated heterocycles. The predicted molar refractivity (Wildman–Crippen MR) is 116 cm³/mol. The lowest BCUT2D eigenvalue weighted by Crippen LogP contribution is -2.14. The number of halogens is 2. The van der Waals surface area contributed by atoms with Crippen molar-refractivity contribution in [1.82, 2.24) is 9.97 Å². The third-order valence-corrected chi connectivity index (χ3v) is 5.09. The Morgan fingerprint density at radius 3 is 2.31 bits per heavy atom. The van der Waals surface area contributed by atoms with Crippen LogP contribution in [0.15, 0.2) is 79.1 Å². The molecule has 162 valence electrons. The van der Waals surface area contributed by atoms with Gasteiger partial charge in [0.05, 0.1) is 18.6 Å². The molecule has 32 heavy (non-hydrogen) atoms. The van der Waals surface area contributed by atoms with Gasteiger partial charge >= 0.3 is 5.97 Å². The monoisotopic (exact) mass is 434 g/mol. The Bertz CT molecular complexity index is 1190. The lowest BCUT2D eigenvalue weighted by atomic mass is 9.98. The van der Waals surface area contributed by atoms with Crippen molar-refractivity contribution in [2.75, 3.05) is 13.7 Å². The third kappa shape index (κ3) is 4.67. The highest BCUT2D eigenvalue weighted by Crippen LogP contribution is 2.30. The van der Waals surface area contributed by atoms with Crippen molar-refractivity contribution in [1.29, 1.82) is 0 Å². The molecule has 0 amide bonds. The summed E-state index contributed by atoms with van der Waals surface area (Å²) >= 11 is 0. The first-order valence-corrected chi connectivity index (χ1v) is 9.91. The fourth-order valence-electron chi connectivity index (χ4n) is 3.45. The van der Waals surface area contributed by atoms with E-state index < -0.39 is 5.97 Å². The molecule has 5 nitrogen and oxygen atoms in total. The van der Waals surface area contributed by atoms with Crippen molar-refractivity contribution in [2.45, 2.75) is 5.92 Å². The lowest BCUT2D eigenvalue weighted by Gasteiger charge is -2.18. The number of benzene rings is 3. The van der Waals surface area contributed by atoms with Crippen LogP contribution in [0.5, 0.6) is 5.75 Å². The highest BCUT2D eigenvalue weighted by atomic mass is 19.1. The highest BCUT2D eigenvalue weighted by molar-refractivity contribution is 5.97. The zero-order valence-electron chi connectivity index (χ0n) is 17.2. The molecule has 0 aliphatic heterocycles. The molecule has 1 atom stereocenters. The van der Waals surface area contributed by atoms with Gasteiger partial charge in [-0.25, -0.2) is 18.6 Å². The van der Waals surface area contributed by atoms with Crippen molar-refractivity contribution in [3.63, 3.8) is 0 Å². The molecule has 0 fully saturated rings. The number of hydrogen-bond donors (Lipinski definition) is 1. The van der Waals surface area contributed by atoms with Gasteiger partial charge in [0.15, 0.2) is 0 Å². The van der Waals surface area contributed by atoms with E-state index in [-0.39, 0.29) is 24.2 Å². The number of nitrogens with zero attached hydrogens (tertiary/aromatic N) is 1. The summed E-state index contributed by atoms with van der Waals surface area (Å²) in [5.74, 6) is -0.274. The average molecular weight is 434 g/mol. The minimum Gasteiger partial charge on any atom is -0.492 e. The van der Waals surface area contributed by atoms with Crippen LogP contribution in [-0.2, 0) is 4.74 Å². The van der Waals surface area contributed by atoms with Gasteiger partial charge in [-0.15, -0.1) is 0 Å². The van der Waals surface area contributed by atoms with E-state index in [0.29, 0.717) is 28.3 Å². The van der Waals surface area contributed by atoms with Crippen LogP contribution >= 0.6 is 0 Å². The molecule has 1 N–H and O–H groups in total. The SMILES string of the molecule is COC(=O)c1ccc(OCC(c2ccc(F)cc2)c2ncc[nH]2)cc1-c1ccc(F)cc1. The summed E-state index contributed by atoms with van der Waals surface area (Å²) in [6.45, 7) is 0.222. The molecule has 0 saturated carbocycles. The number of hydrogen-bond acceptors (Lipinski definition) is 4. The summed E-state index contributed by atoms with van der Waals surface area (Å²) in [6, 6.07) is 17.0. The van der Waals surface area contributed by atoms with Crippen LogP contribution in [0.2, 0.25) is 0 Å². The number of methoxy groups -OCH3 is 1. The molecule has 0 radical (unpaired) electrons. The average Bonchev–Trinajstić information content (AvgIpc) is 3.35. The van der Waals surface area contributed by atoms with Gasteiger partial charge in [0.2, 0.25) is 0 Å². The second-order valence-corrected chi connectivity index (χ2v) is 7.10. The largest absolute Gasteiger partial charge is 0.492 e. The molecule has 4 aromatic rings. The first-order chi connectivity index (χ1) is 15.5. The zero-order chi connectivity index (χ0) is 22.5. The van der Waals surface area contributed by atoms with Crippen LogP contribution in [0, 0.1) is 11.6 Å². The molecular weight excluding hydrogens is 414 g/mol. The van der Waals surface area contributed by atoms with Gasteiger partial charge in [-0.1, -0.05) is 24.3 Å². The van der Waals surface area contributed by atoms with Gasteiger partial charge in [-0.2, -0.15) is 0 Å². The minimum absolute atomic E-state index is 0.222. The van der Waals surface area contributed by atoms with Crippen LogP contribution in [0.4, 0.5) is 8.78 Å². The topological polar surface area (TPSA) is 64.2 Å². The summed E-state index contributed by atoms with van der Waals surface area (Å²) in [5.41, 5.74) is 2.39. The van der Waals surface area contributed by atoms with Gasteiger partial charge in [0.25, 0.3) is 0 Å². The second kappa shape index (κ2) is 9.43. The fraction of sp³-hybridized carbons (Fsp3) is 0.120. The maximum absolute atomic E-state index is 13.4. The molecule has 1 unspecified atom stereocenters. The number of H-pyrrole nitrogens is 1. The number of esters is 1. The second-order valence-electron chi connectivity index (χ2n) is 7.10. The number of carbonyl (C=O) groups is 1. The van der Waals surface area contributed by atoms with Crippen molar-refractivity contribution in [2.24, 2.45) is 0 Å². The quantitative estimate of drug-likeness (QED) is 0.398. The zero-order valence-corrected chi connectivity index (χ0v) is 17.2. The Morgan fingerprint density at radius 1 is 1.00 bits per heavy atom. The number of carbonyl (C=O) groups excluding carboxylic acids is 1. The molecular formula is C25H20F2N2O3. The molecule has 4 rings (SSSR count). The Kier molecular flexibility index (Phi) is 6.26. The summed E-state index contributed by atoms with van der Waals surface area (Å²) in [7, 11) is 1.30. The Balaban J connectivity index is 1.64.